The lowest BCUT2D eigenvalue weighted by Gasteiger charge is -2.52. The molecule has 0 bridgehead atoms. The summed E-state index contributed by atoms with van der Waals surface area (Å²) in [5.41, 5.74) is -0.308. The van der Waals surface area contributed by atoms with Gasteiger partial charge in [0.25, 0.3) is 0 Å². The zero-order chi connectivity index (χ0) is 40.0. The molecule has 0 unspecified atom stereocenters. The number of carbonyl (C=O) groups is 7. The van der Waals surface area contributed by atoms with Crippen molar-refractivity contribution in [1.29, 1.82) is 0 Å². The topological polar surface area (TPSA) is 232 Å². The molecule has 0 aliphatic carbocycles. The maximum Gasteiger partial charge on any atom is 0.341 e. The number of ether oxygens (including phenoxy) is 6. The Kier molecular flexibility index (Phi) is 13.8. The van der Waals surface area contributed by atoms with Crippen LogP contribution in [0, 0.1) is 0 Å². The second-order valence-electron chi connectivity index (χ2n) is 12.7. The largest absolute Gasteiger partial charge is 0.467 e. The van der Waals surface area contributed by atoms with E-state index in [1.54, 1.807) is 19.1 Å². The average Bonchev–Trinajstić information content (AvgIpc) is 3.10. The van der Waals surface area contributed by atoms with Gasteiger partial charge in [0.1, 0.15) is 30.4 Å². The highest BCUT2D eigenvalue weighted by Gasteiger charge is 2.57. The lowest BCUT2D eigenvalue weighted by atomic mass is 9.82. The molecule has 2 amide bonds. The van der Waals surface area contributed by atoms with E-state index in [-0.39, 0.29) is 23.3 Å². The number of hydrogen-bond acceptors (Lipinski definition) is 16. The molecule has 1 fully saturated rings. The van der Waals surface area contributed by atoms with Crippen LogP contribution in [0.3, 0.4) is 0 Å². The molecule has 2 aromatic rings. The van der Waals surface area contributed by atoms with Crippen molar-refractivity contribution < 1.29 is 66.4 Å². The molecule has 2 aliphatic heterocycles. The second-order valence-corrected chi connectivity index (χ2v) is 13.6. The van der Waals surface area contributed by atoms with Crippen LogP contribution in [0.2, 0.25) is 0 Å². The molecule has 2 N–H and O–H groups in total. The fourth-order valence-corrected chi connectivity index (χ4v) is 6.98. The molecule has 1 aromatic carbocycles. The summed E-state index contributed by atoms with van der Waals surface area (Å²) < 4.78 is 39.6. The third kappa shape index (κ3) is 9.54. The normalized spacial score (nSPS) is 23.9. The van der Waals surface area contributed by atoms with Crippen molar-refractivity contribution in [3.05, 3.63) is 38.7 Å². The van der Waals surface area contributed by atoms with Crippen LogP contribution >= 0.6 is 15.9 Å². The third-order valence-corrected chi connectivity index (χ3v) is 9.27. The molecule has 0 spiro atoms. The van der Waals surface area contributed by atoms with Gasteiger partial charge in [-0.3, -0.25) is 28.8 Å². The Morgan fingerprint density at radius 2 is 1.57 bits per heavy atom. The van der Waals surface area contributed by atoms with Gasteiger partial charge in [-0.25, -0.2) is 9.59 Å². The van der Waals surface area contributed by atoms with Crippen molar-refractivity contribution in [2.24, 2.45) is 0 Å². The summed E-state index contributed by atoms with van der Waals surface area (Å²) in [4.78, 5) is 104. The van der Waals surface area contributed by atoms with Crippen LogP contribution in [-0.4, -0.2) is 105 Å². The van der Waals surface area contributed by atoms with E-state index in [4.69, 9.17) is 28.1 Å². The van der Waals surface area contributed by atoms with Gasteiger partial charge in [-0.05, 0) is 43.9 Å². The van der Waals surface area contributed by atoms with Gasteiger partial charge in [0.05, 0.1) is 24.9 Å². The minimum Gasteiger partial charge on any atom is -0.467 e. The number of nitrogens with zero attached hydrogens (tertiary/aromatic N) is 1. The van der Waals surface area contributed by atoms with Crippen molar-refractivity contribution in [3.63, 3.8) is 0 Å². The van der Waals surface area contributed by atoms with E-state index in [1.807, 2.05) is 0 Å². The first-order valence-electron chi connectivity index (χ1n) is 17.0. The summed E-state index contributed by atoms with van der Waals surface area (Å²) in [6.07, 6.45) is -7.47. The van der Waals surface area contributed by atoms with Crippen molar-refractivity contribution in [3.8, 4) is 0 Å². The Bertz CT molecular complexity index is 1860. The number of esters is 5. The van der Waals surface area contributed by atoms with Crippen LogP contribution in [0.1, 0.15) is 65.9 Å². The number of halogens is 1. The van der Waals surface area contributed by atoms with Crippen LogP contribution < -0.4 is 21.2 Å². The van der Waals surface area contributed by atoms with Gasteiger partial charge in [0.15, 0.2) is 24.5 Å². The molecule has 8 atom stereocenters. The lowest BCUT2D eigenvalue weighted by Crippen LogP contribution is -2.69. The fourth-order valence-electron chi connectivity index (χ4n) is 6.62. The Hall–Kier alpha value is -5.04. The molecule has 1 saturated heterocycles. The monoisotopic (exact) mass is 823 g/mol. The quantitative estimate of drug-likeness (QED) is 0.175. The Labute approximate surface area is 317 Å². The van der Waals surface area contributed by atoms with E-state index in [0.717, 1.165) is 34.8 Å². The highest BCUT2D eigenvalue weighted by Crippen LogP contribution is 2.46. The SMILES string of the molecule is CC[C@@H]1C[C@H](C(=O)NCC(=O)N[C@@H](C)C(=O)OC)N([C@@H]2O[C@H](COC(C)=O)[C@@H](OC(C)=O)[C@H](OC(C)=O)[C@H]2OC(C)=O)c2c1c(=O)oc1ccc(Br)cc21. The molecule has 1 aromatic heterocycles. The summed E-state index contributed by atoms with van der Waals surface area (Å²) in [7, 11) is 1.16. The van der Waals surface area contributed by atoms with Gasteiger partial charge in [-0.1, -0.05) is 22.9 Å². The van der Waals surface area contributed by atoms with Crippen LogP contribution in [0.25, 0.3) is 11.0 Å². The summed E-state index contributed by atoms with van der Waals surface area (Å²) in [6.45, 7) is 6.42. The minimum atomic E-state index is -1.65. The summed E-state index contributed by atoms with van der Waals surface area (Å²) in [6, 6.07) is 2.49. The maximum absolute atomic E-state index is 14.4. The summed E-state index contributed by atoms with van der Waals surface area (Å²) in [5, 5.41) is 5.33. The van der Waals surface area contributed by atoms with Crippen molar-refractivity contribution in [2.75, 3.05) is 25.2 Å². The summed E-state index contributed by atoms with van der Waals surface area (Å²) >= 11 is 3.45. The molecular formula is C35H42BrN3O15. The van der Waals surface area contributed by atoms with E-state index in [0.29, 0.717) is 16.3 Å². The van der Waals surface area contributed by atoms with Crippen molar-refractivity contribution >= 4 is 74.2 Å². The number of hydrogen-bond donors (Lipinski definition) is 2. The predicted octanol–water partition coefficient (Wildman–Crippen LogP) is 1.50. The maximum atomic E-state index is 14.4. The molecular weight excluding hydrogens is 782 g/mol. The van der Waals surface area contributed by atoms with Gasteiger partial charge in [-0.15, -0.1) is 0 Å². The molecule has 54 heavy (non-hydrogen) atoms. The van der Waals surface area contributed by atoms with Gasteiger partial charge >= 0.3 is 35.5 Å². The molecule has 3 heterocycles. The standard InChI is InChI=1S/C35H42BrN3O15/c1-8-20-11-23(32(45)37-13-26(44)38-15(2)34(46)48-7)39(28-22-12-21(36)9-10-24(22)54-35(47)27(20)28)33-31(52-19(6)43)30(51-18(5)42)29(50-17(4)41)25(53-33)14-49-16(3)40/h9-10,12,15,20,23,25,29-31,33H,8,11,13-14H2,1-7H3,(H,37,45)(H,38,44)/t15-,20+,23+,25+,29+,30-,31+,33+/m0/s1. The van der Waals surface area contributed by atoms with Crippen LogP contribution in [0.15, 0.2) is 31.9 Å². The van der Waals surface area contributed by atoms with Crippen LogP contribution in [0.5, 0.6) is 0 Å². The number of amides is 2. The number of fused-ring (bicyclic) bond motifs is 3. The second kappa shape index (κ2) is 17.9. The number of benzene rings is 1. The molecule has 0 radical (unpaired) electrons. The Balaban J connectivity index is 1.97. The van der Waals surface area contributed by atoms with Crippen LogP contribution in [-0.2, 0) is 62.0 Å². The minimum absolute atomic E-state index is 0.0628. The fraction of sp³-hybridized carbons (Fsp3) is 0.543. The smallest absolute Gasteiger partial charge is 0.341 e. The number of methoxy groups -OCH3 is 1. The first kappa shape index (κ1) is 41.7. The van der Waals surface area contributed by atoms with E-state index < -0.39 is 109 Å². The lowest BCUT2D eigenvalue weighted by molar-refractivity contribution is -0.253. The van der Waals surface area contributed by atoms with Gasteiger partial charge in [0, 0.05) is 37.6 Å². The Morgan fingerprint density at radius 1 is 0.944 bits per heavy atom. The van der Waals surface area contributed by atoms with E-state index in [1.165, 1.54) is 17.9 Å². The summed E-state index contributed by atoms with van der Waals surface area (Å²) in [5.74, 6) is -6.10. The average molecular weight is 825 g/mol. The zero-order valence-electron chi connectivity index (χ0n) is 30.6. The predicted molar refractivity (Wildman–Crippen MR) is 189 cm³/mol. The Morgan fingerprint density at radius 3 is 2.17 bits per heavy atom. The highest BCUT2D eigenvalue weighted by molar-refractivity contribution is 9.10. The van der Waals surface area contributed by atoms with E-state index >= 15 is 0 Å². The van der Waals surface area contributed by atoms with Gasteiger partial charge < -0.3 is 48.4 Å². The third-order valence-electron chi connectivity index (χ3n) is 8.78. The molecule has 294 valence electrons. The number of anilines is 1. The van der Waals surface area contributed by atoms with Crippen molar-refractivity contribution in [2.45, 2.75) is 103 Å². The molecule has 18 nitrogen and oxygen atoms in total. The first-order valence-corrected chi connectivity index (χ1v) is 17.8. The molecule has 4 rings (SSSR count). The van der Waals surface area contributed by atoms with Crippen molar-refractivity contribution in [1.82, 2.24) is 10.6 Å². The number of rotatable bonds is 12. The van der Waals surface area contributed by atoms with E-state index in [2.05, 4.69) is 31.3 Å². The van der Waals surface area contributed by atoms with Gasteiger partial charge in [-0.2, -0.15) is 0 Å². The molecule has 0 saturated carbocycles. The van der Waals surface area contributed by atoms with E-state index in [9.17, 15) is 38.4 Å². The highest BCUT2D eigenvalue weighted by atomic mass is 79.9. The number of carbonyl (C=O) groups excluding carboxylic acids is 7. The first-order chi connectivity index (χ1) is 25.5. The molecule has 2 aliphatic rings. The number of nitrogens with one attached hydrogen (secondary N) is 2. The van der Waals surface area contributed by atoms with Gasteiger partial charge in [0.2, 0.25) is 11.8 Å². The van der Waals surface area contributed by atoms with Crippen LogP contribution in [0.4, 0.5) is 5.69 Å². The molecule has 19 heteroatoms. The zero-order valence-corrected chi connectivity index (χ0v) is 32.2.